The number of fused-ring (bicyclic) bond motifs is 1. The van der Waals surface area contributed by atoms with Crippen molar-refractivity contribution in [1.82, 2.24) is 9.38 Å². The van der Waals surface area contributed by atoms with Crippen LogP contribution in [0.15, 0.2) is 58.9 Å². The summed E-state index contributed by atoms with van der Waals surface area (Å²) in [5.41, 5.74) is 3.87. The van der Waals surface area contributed by atoms with Gasteiger partial charge in [-0.15, -0.1) is 10.2 Å². The van der Waals surface area contributed by atoms with Crippen molar-refractivity contribution in [3.05, 3.63) is 59.9 Å². The molecule has 4 nitrogen and oxygen atoms in total. The summed E-state index contributed by atoms with van der Waals surface area (Å²) in [6.07, 6.45) is 1.97. The molecule has 0 aliphatic rings. The van der Waals surface area contributed by atoms with E-state index in [0.717, 1.165) is 28.4 Å². The van der Waals surface area contributed by atoms with Crippen molar-refractivity contribution in [2.24, 2.45) is 10.2 Å². The number of imidazole rings is 1. The second-order valence-electron chi connectivity index (χ2n) is 5.39. The lowest BCUT2D eigenvalue weighted by atomic mass is 10.1. The normalized spacial score (nSPS) is 11.8. The average molecular weight is 278 g/mol. The molecular formula is C17H18N4. The molecule has 0 N–H and O–H groups in total. The van der Waals surface area contributed by atoms with Crippen LogP contribution >= 0.6 is 0 Å². The zero-order chi connectivity index (χ0) is 14.8. The molecule has 0 saturated heterocycles. The van der Waals surface area contributed by atoms with Crippen LogP contribution in [0.4, 0.5) is 11.5 Å². The van der Waals surface area contributed by atoms with Crippen molar-refractivity contribution in [3.8, 4) is 0 Å². The molecule has 3 rings (SSSR count). The van der Waals surface area contributed by atoms with Crippen LogP contribution in [0.5, 0.6) is 0 Å². The third-order valence-corrected chi connectivity index (χ3v) is 3.45. The number of nitrogens with zero attached hydrogens (tertiary/aromatic N) is 4. The van der Waals surface area contributed by atoms with Gasteiger partial charge in [-0.3, -0.25) is 4.40 Å². The summed E-state index contributed by atoms with van der Waals surface area (Å²) in [4.78, 5) is 4.66. The first-order valence-corrected chi connectivity index (χ1v) is 7.11. The van der Waals surface area contributed by atoms with E-state index in [9.17, 15) is 0 Å². The van der Waals surface area contributed by atoms with E-state index in [4.69, 9.17) is 0 Å². The highest BCUT2D eigenvalue weighted by molar-refractivity contribution is 5.53. The third-order valence-electron chi connectivity index (χ3n) is 3.45. The molecule has 21 heavy (non-hydrogen) atoms. The summed E-state index contributed by atoms with van der Waals surface area (Å²) in [5.74, 6) is 1.11. The van der Waals surface area contributed by atoms with E-state index in [1.165, 1.54) is 0 Å². The van der Waals surface area contributed by atoms with Gasteiger partial charge in [0.25, 0.3) is 0 Å². The zero-order valence-electron chi connectivity index (χ0n) is 12.5. The Balaban J connectivity index is 2.11. The van der Waals surface area contributed by atoms with Gasteiger partial charge in [-0.1, -0.05) is 38.1 Å². The van der Waals surface area contributed by atoms with Crippen LogP contribution < -0.4 is 0 Å². The molecule has 0 radical (unpaired) electrons. The van der Waals surface area contributed by atoms with E-state index in [1.54, 1.807) is 0 Å². The molecule has 4 heteroatoms. The van der Waals surface area contributed by atoms with E-state index < -0.39 is 0 Å². The lowest BCUT2D eigenvalue weighted by molar-refractivity contribution is 0.831. The molecule has 106 valence electrons. The van der Waals surface area contributed by atoms with Crippen LogP contribution in [-0.2, 0) is 0 Å². The molecule has 1 aromatic carbocycles. The summed E-state index contributed by atoms with van der Waals surface area (Å²) in [6, 6.07) is 13.9. The quantitative estimate of drug-likeness (QED) is 0.608. The van der Waals surface area contributed by atoms with Crippen molar-refractivity contribution < 1.29 is 0 Å². The van der Waals surface area contributed by atoms with Crippen LogP contribution in [-0.4, -0.2) is 9.38 Å². The van der Waals surface area contributed by atoms with Gasteiger partial charge >= 0.3 is 0 Å². The Morgan fingerprint density at radius 1 is 1.00 bits per heavy atom. The van der Waals surface area contributed by atoms with Gasteiger partial charge in [0, 0.05) is 6.20 Å². The van der Waals surface area contributed by atoms with Crippen LogP contribution in [0.2, 0.25) is 0 Å². The van der Waals surface area contributed by atoms with E-state index in [2.05, 4.69) is 29.1 Å². The highest BCUT2D eigenvalue weighted by Gasteiger charge is 2.14. The number of benzene rings is 1. The number of pyridine rings is 1. The number of azo groups is 1. The number of aryl methyl sites for hydroxylation is 1. The number of hydrogen-bond donors (Lipinski definition) is 0. The summed E-state index contributed by atoms with van der Waals surface area (Å²) < 4.78 is 1.98. The number of hydrogen-bond acceptors (Lipinski definition) is 3. The molecule has 0 atom stereocenters. The van der Waals surface area contributed by atoms with Crippen molar-refractivity contribution in [2.45, 2.75) is 26.7 Å². The number of rotatable bonds is 3. The Labute approximate surface area is 124 Å². The molecular weight excluding hydrogens is 260 g/mol. The van der Waals surface area contributed by atoms with E-state index >= 15 is 0 Å². The highest BCUT2D eigenvalue weighted by Crippen LogP contribution is 2.29. The van der Waals surface area contributed by atoms with Gasteiger partial charge in [-0.2, -0.15) is 0 Å². The average Bonchev–Trinajstić information content (AvgIpc) is 2.85. The minimum atomic E-state index is 0.302. The molecule has 0 aliphatic carbocycles. The largest absolute Gasteiger partial charge is 0.283 e. The van der Waals surface area contributed by atoms with E-state index in [1.807, 2.05) is 60.0 Å². The minimum Gasteiger partial charge on any atom is -0.283 e. The van der Waals surface area contributed by atoms with Crippen molar-refractivity contribution in [3.63, 3.8) is 0 Å². The third kappa shape index (κ3) is 2.57. The molecule has 0 unspecified atom stereocenters. The number of aromatic nitrogens is 2. The van der Waals surface area contributed by atoms with Gasteiger partial charge in [0.15, 0.2) is 5.82 Å². The predicted octanol–water partition coefficient (Wildman–Crippen LogP) is 5.18. The monoisotopic (exact) mass is 278 g/mol. The van der Waals surface area contributed by atoms with Crippen LogP contribution in [0.3, 0.4) is 0 Å². The van der Waals surface area contributed by atoms with Gasteiger partial charge in [0.05, 0.1) is 11.4 Å². The first-order chi connectivity index (χ1) is 10.2. The zero-order valence-corrected chi connectivity index (χ0v) is 12.5. The SMILES string of the molecule is Cc1ccccc1N=Nc1c(C(C)C)nc2ccccn12. The summed E-state index contributed by atoms with van der Waals surface area (Å²) in [7, 11) is 0. The Morgan fingerprint density at radius 2 is 1.76 bits per heavy atom. The van der Waals surface area contributed by atoms with Crippen molar-refractivity contribution in [1.29, 1.82) is 0 Å². The lowest BCUT2D eigenvalue weighted by Gasteiger charge is -2.02. The molecule has 0 fully saturated rings. The van der Waals surface area contributed by atoms with Crippen LogP contribution in [0.1, 0.15) is 31.0 Å². The van der Waals surface area contributed by atoms with Gasteiger partial charge in [-0.25, -0.2) is 4.98 Å². The van der Waals surface area contributed by atoms with Gasteiger partial charge < -0.3 is 0 Å². The van der Waals surface area contributed by atoms with Gasteiger partial charge in [0.2, 0.25) is 0 Å². The maximum Gasteiger partial charge on any atom is 0.183 e. The highest BCUT2D eigenvalue weighted by atomic mass is 15.2. The Kier molecular flexibility index (Phi) is 3.52. The smallest absolute Gasteiger partial charge is 0.183 e. The maximum atomic E-state index is 4.66. The summed E-state index contributed by atoms with van der Waals surface area (Å²) in [6.45, 7) is 6.27. The van der Waals surface area contributed by atoms with Gasteiger partial charge in [-0.05, 0) is 36.6 Å². The predicted molar refractivity (Wildman–Crippen MR) is 84.6 cm³/mol. The Bertz CT molecular complexity index is 799. The van der Waals surface area contributed by atoms with Crippen molar-refractivity contribution >= 4 is 17.2 Å². The first kappa shape index (κ1) is 13.5. The molecule has 2 heterocycles. The van der Waals surface area contributed by atoms with Crippen molar-refractivity contribution in [2.75, 3.05) is 0 Å². The molecule has 2 aromatic heterocycles. The topological polar surface area (TPSA) is 42.0 Å². The fourth-order valence-corrected chi connectivity index (χ4v) is 2.26. The molecule has 0 bridgehead atoms. The molecule has 0 spiro atoms. The van der Waals surface area contributed by atoms with Crippen LogP contribution in [0, 0.1) is 6.92 Å². The lowest BCUT2D eigenvalue weighted by Crippen LogP contribution is -1.87. The Hall–Kier alpha value is -2.49. The molecule has 3 aromatic rings. The second-order valence-corrected chi connectivity index (χ2v) is 5.39. The molecule has 0 aliphatic heterocycles. The van der Waals surface area contributed by atoms with E-state index in [-0.39, 0.29) is 0 Å². The summed E-state index contributed by atoms with van der Waals surface area (Å²) in [5, 5.41) is 8.88. The fourth-order valence-electron chi connectivity index (χ4n) is 2.26. The van der Waals surface area contributed by atoms with Gasteiger partial charge in [0.1, 0.15) is 5.65 Å². The minimum absolute atomic E-state index is 0.302. The maximum absolute atomic E-state index is 4.66. The first-order valence-electron chi connectivity index (χ1n) is 7.11. The summed E-state index contributed by atoms with van der Waals surface area (Å²) >= 11 is 0. The molecule has 0 saturated carbocycles. The molecule has 0 amide bonds. The standard InChI is InChI=1S/C17H18N4/c1-12(2)16-17(21-11-7-6-10-15(21)18-16)20-19-14-9-5-4-8-13(14)3/h4-12H,1-3H3. The van der Waals surface area contributed by atoms with Crippen LogP contribution in [0.25, 0.3) is 5.65 Å². The Morgan fingerprint density at radius 3 is 2.52 bits per heavy atom. The second kappa shape index (κ2) is 5.48. The fraction of sp³-hybridized carbons (Fsp3) is 0.235. The van der Waals surface area contributed by atoms with E-state index in [0.29, 0.717) is 5.92 Å².